The van der Waals surface area contributed by atoms with Crippen molar-refractivity contribution in [3.8, 4) is 5.88 Å². The molecule has 0 bridgehead atoms. The topological polar surface area (TPSA) is 90.5 Å². The molecule has 1 aromatic heterocycles. The van der Waals surface area contributed by atoms with Crippen molar-refractivity contribution in [1.29, 1.82) is 0 Å². The van der Waals surface area contributed by atoms with Crippen molar-refractivity contribution >= 4 is 23.8 Å². The van der Waals surface area contributed by atoms with Crippen LogP contribution in [-0.2, 0) is 23.6 Å². The van der Waals surface area contributed by atoms with Crippen LogP contribution in [0.4, 0.5) is 0 Å². The van der Waals surface area contributed by atoms with E-state index in [0.717, 1.165) is 41.2 Å². The van der Waals surface area contributed by atoms with E-state index in [1.54, 1.807) is 0 Å². The molecule has 3 rings (SSSR count). The summed E-state index contributed by atoms with van der Waals surface area (Å²) in [6.07, 6.45) is 6.03. The van der Waals surface area contributed by atoms with E-state index in [1.807, 2.05) is 0 Å². The van der Waals surface area contributed by atoms with Gasteiger partial charge in [0.05, 0.1) is 4.91 Å². The van der Waals surface area contributed by atoms with Gasteiger partial charge in [-0.05, 0) is 31.8 Å². The maximum absolute atomic E-state index is 12.2. The summed E-state index contributed by atoms with van der Waals surface area (Å²) in [5.74, 6) is -0.934. The Balaban J connectivity index is 2.05. The number of ether oxygens (including phenoxy) is 1. The Bertz CT molecular complexity index is 814. The van der Waals surface area contributed by atoms with Crippen molar-refractivity contribution < 1.29 is 14.6 Å². The molecule has 8 heteroatoms. The molecule has 124 valence electrons. The Morgan fingerprint density at radius 2 is 1.78 bits per heavy atom. The summed E-state index contributed by atoms with van der Waals surface area (Å²) in [5.41, 5.74) is -1.35. The molecule has 0 radical (unpaired) electrons. The van der Waals surface area contributed by atoms with Gasteiger partial charge < -0.3 is 9.84 Å². The van der Waals surface area contributed by atoms with Crippen LogP contribution in [0.1, 0.15) is 37.7 Å². The summed E-state index contributed by atoms with van der Waals surface area (Å²) < 4.78 is 7.40. The molecule has 0 amide bonds. The lowest BCUT2D eigenvalue weighted by Gasteiger charge is -2.29. The van der Waals surface area contributed by atoms with E-state index >= 15 is 0 Å². The van der Waals surface area contributed by atoms with E-state index in [-0.39, 0.29) is 10.5 Å². The largest absolute Gasteiger partial charge is 0.494 e. The minimum Gasteiger partial charge on any atom is -0.494 e. The Labute approximate surface area is 136 Å². The van der Waals surface area contributed by atoms with Gasteiger partial charge in [0.25, 0.3) is 5.56 Å². The first-order valence-corrected chi connectivity index (χ1v) is 8.29. The molecule has 0 atom stereocenters. The van der Waals surface area contributed by atoms with Gasteiger partial charge in [0.1, 0.15) is 5.56 Å². The molecular weight excluding hydrogens is 320 g/mol. The normalized spacial score (nSPS) is 21.8. The number of aromatic hydroxyl groups is 1. The smallest absolute Gasteiger partial charge is 0.346 e. The first-order chi connectivity index (χ1) is 10.8. The van der Waals surface area contributed by atoms with E-state index < -0.39 is 28.0 Å². The molecule has 1 saturated heterocycles. The summed E-state index contributed by atoms with van der Waals surface area (Å²) in [7, 11) is 2.69. The molecule has 1 spiro atoms. The molecular formula is C15H18N2O5S. The molecule has 2 heterocycles. The second-order valence-electron chi connectivity index (χ2n) is 5.91. The number of aromatic nitrogens is 2. The number of hydrogen-bond acceptors (Lipinski definition) is 6. The molecule has 7 nitrogen and oxygen atoms in total. The Morgan fingerprint density at radius 3 is 2.43 bits per heavy atom. The molecule has 2 aliphatic rings. The fourth-order valence-corrected chi connectivity index (χ4v) is 4.29. The van der Waals surface area contributed by atoms with Crippen LogP contribution < -0.4 is 11.2 Å². The Kier molecular flexibility index (Phi) is 3.87. The third-order valence-corrected chi connectivity index (χ3v) is 5.70. The standard InChI is InChI=1S/C15H18N2O5S/c1-16-11(18)9(12(19)17(2)14(16)21)8-10-13(20)22-15(23-10)6-4-3-5-7-15/h8,18H,3-7H2,1-2H3. The first-order valence-electron chi connectivity index (χ1n) is 7.48. The van der Waals surface area contributed by atoms with Crippen molar-refractivity contribution in [2.24, 2.45) is 14.1 Å². The second kappa shape index (κ2) is 5.59. The predicted octanol–water partition coefficient (Wildman–Crippen LogP) is 1.08. The highest BCUT2D eigenvalue weighted by Gasteiger charge is 2.45. The Hall–Kier alpha value is -1.96. The lowest BCUT2D eigenvalue weighted by atomic mass is 9.97. The van der Waals surface area contributed by atoms with Gasteiger partial charge in [-0.25, -0.2) is 9.59 Å². The molecule has 0 aromatic carbocycles. The van der Waals surface area contributed by atoms with Gasteiger partial charge in [-0.15, -0.1) is 0 Å². The quantitative estimate of drug-likeness (QED) is 0.609. The van der Waals surface area contributed by atoms with Crippen LogP contribution in [0.5, 0.6) is 5.88 Å². The van der Waals surface area contributed by atoms with Crippen LogP contribution in [0.15, 0.2) is 14.5 Å². The van der Waals surface area contributed by atoms with Gasteiger partial charge in [-0.3, -0.25) is 13.9 Å². The highest BCUT2D eigenvalue weighted by Crippen LogP contribution is 2.50. The minimum atomic E-state index is -0.643. The summed E-state index contributed by atoms with van der Waals surface area (Å²) in [4.78, 5) is 35.9. The molecule has 1 aliphatic carbocycles. The molecule has 1 N–H and O–H groups in total. The fourth-order valence-electron chi connectivity index (χ4n) is 2.98. The van der Waals surface area contributed by atoms with Crippen LogP contribution in [0.2, 0.25) is 0 Å². The molecule has 23 heavy (non-hydrogen) atoms. The maximum Gasteiger partial charge on any atom is 0.346 e. The van der Waals surface area contributed by atoms with Crippen LogP contribution in [-0.4, -0.2) is 25.1 Å². The van der Waals surface area contributed by atoms with Crippen molar-refractivity contribution in [3.05, 3.63) is 31.3 Å². The zero-order valence-corrected chi connectivity index (χ0v) is 13.8. The molecule has 1 aromatic rings. The number of esters is 1. The number of carbonyl (C=O) groups excluding carboxylic acids is 1. The third-order valence-electron chi connectivity index (χ3n) is 4.33. The fraction of sp³-hybridized carbons (Fsp3) is 0.533. The third kappa shape index (κ3) is 2.60. The predicted molar refractivity (Wildman–Crippen MR) is 86.1 cm³/mol. The van der Waals surface area contributed by atoms with E-state index in [2.05, 4.69) is 0 Å². The highest BCUT2D eigenvalue weighted by atomic mass is 32.2. The molecule has 1 saturated carbocycles. The van der Waals surface area contributed by atoms with Gasteiger partial charge in [-0.1, -0.05) is 18.2 Å². The molecule has 1 aliphatic heterocycles. The van der Waals surface area contributed by atoms with Gasteiger partial charge in [0.2, 0.25) is 5.88 Å². The van der Waals surface area contributed by atoms with Gasteiger partial charge in [0.15, 0.2) is 4.93 Å². The highest BCUT2D eigenvalue weighted by molar-refractivity contribution is 8.05. The van der Waals surface area contributed by atoms with Crippen LogP contribution >= 0.6 is 11.8 Å². The lowest BCUT2D eigenvalue weighted by molar-refractivity contribution is -0.145. The SMILES string of the molecule is Cn1c(O)c(C=C2SC3(CCCCC3)OC2=O)c(=O)n(C)c1=O. The summed E-state index contributed by atoms with van der Waals surface area (Å²) >= 11 is 1.31. The van der Waals surface area contributed by atoms with Crippen LogP contribution in [0.3, 0.4) is 0 Å². The van der Waals surface area contributed by atoms with Crippen molar-refractivity contribution in [2.45, 2.75) is 37.0 Å². The summed E-state index contributed by atoms with van der Waals surface area (Å²) in [6, 6.07) is 0. The van der Waals surface area contributed by atoms with Crippen molar-refractivity contribution in [3.63, 3.8) is 0 Å². The minimum absolute atomic E-state index is 0.0816. The average Bonchev–Trinajstić information content (AvgIpc) is 2.83. The van der Waals surface area contributed by atoms with E-state index in [1.165, 1.54) is 31.9 Å². The van der Waals surface area contributed by atoms with Gasteiger partial charge in [0, 0.05) is 14.1 Å². The van der Waals surface area contributed by atoms with Crippen LogP contribution in [0.25, 0.3) is 6.08 Å². The molecule has 2 fully saturated rings. The van der Waals surface area contributed by atoms with Crippen molar-refractivity contribution in [2.75, 3.05) is 0 Å². The number of nitrogens with zero attached hydrogens (tertiary/aromatic N) is 2. The number of rotatable bonds is 1. The number of hydrogen-bond donors (Lipinski definition) is 1. The lowest BCUT2D eigenvalue weighted by Crippen LogP contribution is -2.38. The Morgan fingerprint density at radius 1 is 1.13 bits per heavy atom. The van der Waals surface area contributed by atoms with E-state index in [0.29, 0.717) is 0 Å². The van der Waals surface area contributed by atoms with Gasteiger partial charge in [-0.2, -0.15) is 0 Å². The summed E-state index contributed by atoms with van der Waals surface area (Å²) in [5, 5.41) is 10.1. The molecule has 0 unspecified atom stereocenters. The van der Waals surface area contributed by atoms with Gasteiger partial charge >= 0.3 is 11.7 Å². The second-order valence-corrected chi connectivity index (χ2v) is 7.30. The van der Waals surface area contributed by atoms with E-state index in [9.17, 15) is 19.5 Å². The zero-order valence-electron chi connectivity index (χ0n) is 13.0. The van der Waals surface area contributed by atoms with E-state index in [4.69, 9.17) is 4.74 Å². The monoisotopic (exact) mass is 338 g/mol. The van der Waals surface area contributed by atoms with Crippen LogP contribution in [0, 0.1) is 0 Å². The summed E-state index contributed by atoms with van der Waals surface area (Å²) in [6.45, 7) is 0. The average molecular weight is 338 g/mol. The van der Waals surface area contributed by atoms with Crippen molar-refractivity contribution in [1.82, 2.24) is 9.13 Å². The maximum atomic E-state index is 12.2. The zero-order chi connectivity index (χ0) is 16.8. The first kappa shape index (κ1) is 15.9. The number of carbonyl (C=O) groups is 1. The number of thioether (sulfide) groups is 1.